The summed E-state index contributed by atoms with van der Waals surface area (Å²) >= 11 is 7.69. The summed E-state index contributed by atoms with van der Waals surface area (Å²) < 4.78 is 6.61. The van der Waals surface area contributed by atoms with E-state index in [0.717, 1.165) is 30.6 Å². The van der Waals surface area contributed by atoms with Crippen molar-refractivity contribution in [1.82, 2.24) is 0 Å². The second kappa shape index (κ2) is 17.5. The highest BCUT2D eigenvalue weighted by atomic mass is 32.2. The second-order valence-electron chi connectivity index (χ2n) is 10.2. The van der Waals surface area contributed by atoms with Crippen LogP contribution in [0.3, 0.4) is 0 Å². The molecule has 204 valence electrons. The van der Waals surface area contributed by atoms with Crippen LogP contribution in [0.25, 0.3) is 5.57 Å². The lowest BCUT2D eigenvalue weighted by Gasteiger charge is -2.33. The van der Waals surface area contributed by atoms with Crippen molar-refractivity contribution in [3.8, 4) is 0 Å². The lowest BCUT2D eigenvalue weighted by atomic mass is 9.98. The van der Waals surface area contributed by atoms with Gasteiger partial charge in [-0.25, -0.2) is 0 Å². The van der Waals surface area contributed by atoms with E-state index in [9.17, 15) is 0 Å². The van der Waals surface area contributed by atoms with Gasteiger partial charge in [0.15, 0.2) is 9.98 Å². The minimum atomic E-state index is -0.468. The Kier molecular flexibility index (Phi) is 14.0. The Morgan fingerprint density at radius 1 is 0.868 bits per heavy atom. The summed E-state index contributed by atoms with van der Waals surface area (Å²) in [5.41, 5.74) is 4.87. The summed E-state index contributed by atoms with van der Waals surface area (Å²) in [6.07, 6.45) is 26.0. The van der Waals surface area contributed by atoms with Crippen LogP contribution in [0.2, 0.25) is 0 Å². The number of allylic oxidation sites excluding steroid dienone is 4. The summed E-state index contributed by atoms with van der Waals surface area (Å²) in [5, 5.41) is 0.586. The molecule has 1 atom stereocenters. The molecule has 1 aliphatic carbocycles. The van der Waals surface area contributed by atoms with Crippen LogP contribution in [0.15, 0.2) is 85.0 Å². The van der Waals surface area contributed by atoms with Crippen LogP contribution in [0.1, 0.15) is 101 Å². The van der Waals surface area contributed by atoms with Gasteiger partial charge in [0, 0.05) is 17.7 Å². The molecule has 0 aromatic heterocycles. The fraction of sp³-hybridized carbons (Fsp3) is 0.457. The standard InChI is InChI=1S/C35H46OS2/c1-3-5-7-9-11-14-18-30-21-23-33(24-22-30)34(37)36-35(38-29-17-12-10-8-6-4-2)27-25-32(26-28-35)31-19-15-13-16-20-31/h10,12-13,15-16,19-27H,3-9,11,14,17-18,28-29H2,1-2H3. The number of benzene rings is 2. The van der Waals surface area contributed by atoms with Crippen molar-refractivity contribution in [1.29, 1.82) is 0 Å². The maximum absolute atomic E-state index is 6.61. The van der Waals surface area contributed by atoms with Gasteiger partial charge in [-0.15, -0.1) is 11.8 Å². The van der Waals surface area contributed by atoms with Crippen LogP contribution in [-0.2, 0) is 11.2 Å². The van der Waals surface area contributed by atoms with Gasteiger partial charge in [0.05, 0.1) is 0 Å². The number of aryl methyl sites for hydroxylation is 1. The molecule has 0 saturated carbocycles. The van der Waals surface area contributed by atoms with Gasteiger partial charge in [0.1, 0.15) is 0 Å². The van der Waals surface area contributed by atoms with Gasteiger partial charge >= 0.3 is 0 Å². The number of unbranched alkanes of at least 4 members (excludes halogenated alkanes) is 7. The van der Waals surface area contributed by atoms with Gasteiger partial charge in [-0.05, 0) is 60.7 Å². The van der Waals surface area contributed by atoms with E-state index in [1.165, 1.54) is 74.5 Å². The zero-order valence-corrected chi connectivity index (χ0v) is 25.1. The van der Waals surface area contributed by atoms with E-state index in [4.69, 9.17) is 17.0 Å². The van der Waals surface area contributed by atoms with Crippen LogP contribution < -0.4 is 0 Å². The monoisotopic (exact) mass is 546 g/mol. The predicted octanol–water partition coefficient (Wildman–Crippen LogP) is 10.9. The zero-order valence-electron chi connectivity index (χ0n) is 23.5. The summed E-state index contributed by atoms with van der Waals surface area (Å²) in [7, 11) is 0. The molecule has 0 radical (unpaired) electrons. The van der Waals surface area contributed by atoms with Gasteiger partial charge in [0.25, 0.3) is 0 Å². The molecular formula is C35H46OS2. The molecule has 2 aromatic carbocycles. The Balaban J connectivity index is 1.59. The van der Waals surface area contributed by atoms with Crippen molar-refractivity contribution in [2.75, 3.05) is 5.75 Å². The van der Waals surface area contributed by atoms with E-state index >= 15 is 0 Å². The normalized spacial score (nSPS) is 17.1. The Morgan fingerprint density at radius 3 is 2.29 bits per heavy atom. The molecule has 0 saturated heterocycles. The first-order valence-electron chi connectivity index (χ1n) is 14.7. The lowest BCUT2D eigenvalue weighted by Crippen LogP contribution is -2.30. The van der Waals surface area contributed by atoms with Gasteiger partial charge in [-0.2, -0.15) is 0 Å². The number of thioether (sulfide) groups is 1. The Bertz CT molecular complexity index is 1040. The molecule has 0 amide bonds. The minimum absolute atomic E-state index is 0.468. The highest BCUT2D eigenvalue weighted by molar-refractivity contribution is 8.00. The molecular weight excluding hydrogens is 501 g/mol. The Hall–Kier alpha value is -2.10. The molecule has 1 unspecified atom stereocenters. The largest absolute Gasteiger partial charge is 0.461 e. The SMILES string of the molecule is CCCCC=CCCSC1(OC(=S)c2ccc(CCCCCCCC)cc2)C=CC(c2ccccc2)=CC1. The van der Waals surface area contributed by atoms with E-state index in [2.05, 4.69) is 98.8 Å². The number of hydrogen-bond donors (Lipinski definition) is 0. The molecule has 1 aliphatic rings. The van der Waals surface area contributed by atoms with Crippen LogP contribution in [0, 0.1) is 0 Å². The third kappa shape index (κ3) is 10.6. The van der Waals surface area contributed by atoms with Gasteiger partial charge in [-0.1, -0.05) is 138 Å². The highest BCUT2D eigenvalue weighted by Gasteiger charge is 2.32. The van der Waals surface area contributed by atoms with Crippen molar-refractivity contribution in [3.05, 3.63) is 102 Å². The number of hydrogen-bond acceptors (Lipinski definition) is 3. The zero-order chi connectivity index (χ0) is 26.9. The Labute approximate surface area is 241 Å². The van der Waals surface area contributed by atoms with Crippen LogP contribution in [0.4, 0.5) is 0 Å². The fourth-order valence-electron chi connectivity index (χ4n) is 4.65. The molecule has 0 bridgehead atoms. The van der Waals surface area contributed by atoms with Gasteiger partial charge < -0.3 is 4.74 Å². The molecule has 0 fully saturated rings. The minimum Gasteiger partial charge on any atom is -0.461 e. The molecule has 0 heterocycles. The summed E-state index contributed by atoms with van der Waals surface area (Å²) in [6.45, 7) is 4.51. The Morgan fingerprint density at radius 2 is 1.58 bits per heavy atom. The third-order valence-electron chi connectivity index (χ3n) is 7.03. The van der Waals surface area contributed by atoms with Gasteiger partial charge in [-0.3, -0.25) is 0 Å². The number of thiocarbonyl (C=S) groups is 1. The van der Waals surface area contributed by atoms with Crippen LogP contribution in [0.5, 0.6) is 0 Å². The second-order valence-corrected chi connectivity index (χ2v) is 12.0. The van der Waals surface area contributed by atoms with Crippen molar-refractivity contribution in [3.63, 3.8) is 0 Å². The van der Waals surface area contributed by atoms with E-state index < -0.39 is 4.93 Å². The maximum atomic E-state index is 6.61. The molecule has 2 aromatic rings. The van der Waals surface area contributed by atoms with Gasteiger partial charge in [0.2, 0.25) is 0 Å². The van der Waals surface area contributed by atoms with E-state index in [0.29, 0.717) is 5.05 Å². The number of rotatable bonds is 17. The average Bonchev–Trinajstić information content (AvgIpc) is 2.95. The number of ether oxygens (including phenoxy) is 1. The smallest absolute Gasteiger partial charge is 0.193 e. The first-order chi connectivity index (χ1) is 18.7. The predicted molar refractivity (Wildman–Crippen MR) is 173 cm³/mol. The van der Waals surface area contributed by atoms with Crippen molar-refractivity contribution >= 4 is 34.6 Å². The molecule has 3 rings (SSSR count). The molecule has 0 spiro atoms. The maximum Gasteiger partial charge on any atom is 0.193 e. The highest BCUT2D eigenvalue weighted by Crippen LogP contribution is 2.39. The first kappa shape index (κ1) is 30.4. The summed E-state index contributed by atoms with van der Waals surface area (Å²) in [6, 6.07) is 19.3. The molecule has 0 N–H and O–H groups in total. The molecule has 3 heteroatoms. The molecule has 0 aliphatic heterocycles. The van der Waals surface area contributed by atoms with Crippen molar-refractivity contribution < 1.29 is 4.74 Å². The summed E-state index contributed by atoms with van der Waals surface area (Å²) in [5.74, 6) is 1.00. The van der Waals surface area contributed by atoms with Crippen LogP contribution in [-0.4, -0.2) is 15.7 Å². The molecule has 38 heavy (non-hydrogen) atoms. The molecule has 1 nitrogen and oxygen atoms in total. The van der Waals surface area contributed by atoms with Crippen molar-refractivity contribution in [2.45, 2.75) is 95.8 Å². The quantitative estimate of drug-likeness (QED) is 0.0845. The van der Waals surface area contributed by atoms with Crippen LogP contribution >= 0.6 is 24.0 Å². The van der Waals surface area contributed by atoms with E-state index in [1.54, 1.807) is 0 Å². The first-order valence-corrected chi connectivity index (χ1v) is 16.1. The third-order valence-corrected chi connectivity index (χ3v) is 8.66. The average molecular weight is 547 g/mol. The lowest BCUT2D eigenvalue weighted by molar-refractivity contribution is 0.211. The fourth-order valence-corrected chi connectivity index (χ4v) is 6.10. The van der Waals surface area contributed by atoms with Crippen molar-refractivity contribution in [2.24, 2.45) is 0 Å². The van der Waals surface area contributed by atoms with E-state index in [-0.39, 0.29) is 0 Å². The topological polar surface area (TPSA) is 9.23 Å². The van der Waals surface area contributed by atoms with E-state index in [1.807, 2.05) is 11.8 Å². The summed E-state index contributed by atoms with van der Waals surface area (Å²) in [4.78, 5) is -0.468.